The first-order valence-corrected chi connectivity index (χ1v) is 23.4. The van der Waals surface area contributed by atoms with Gasteiger partial charge in [-0.05, 0) is 0 Å². The molecule has 0 rings (SSSR count). The summed E-state index contributed by atoms with van der Waals surface area (Å²) in [6.07, 6.45) is 0. The molecule has 0 amide bonds. The van der Waals surface area contributed by atoms with E-state index in [1.165, 1.54) is 5.80 Å². The van der Waals surface area contributed by atoms with Gasteiger partial charge in [-0.25, -0.2) is 0 Å². The van der Waals surface area contributed by atoms with Gasteiger partial charge in [0, 0.05) is 0 Å². The zero-order valence-corrected chi connectivity index (χ0v) is 12.7. The molecule has 9 heavy (non-hydrogen) atoms. The Morgan fingerprint density at radius 2 is 0.889 bits per heavy atom. The molecule has 0 aromatic rings. The molecule has 0 spiro atoms. The van der Waals surface area contributed by atoms with Crippen LogP contribution in [-0.4, -0.2) is 25.6 Å². The van der Waals surface area contributed by atoms with Gasteiger partial charge in [0.25, 0.3) is 0 Å². The summed E-state index contributed by atoms with van der Waals surface area (Å²) < 4.78 is 0. The van der Waals surface area contributed by atoms with Crippen LogP contribution in [0.25, 0.3) is 0 Å². The van der Waals surface area contributed by atoms with E-state index in [1.807, 2.05) is 0 Å². The second-order valence-electron chi connectivity index (χ2n) is 4.62. The Morgan fingerprint density at radius 1 is 0.667 bits per heavy atom. The van der Waals surface area contributed by atoms with Crippen molar-refractivity contribution < 1.29 is 0 Å². The van der Waals surface area contributed by atoms with Crippen LogP contribution < -0.4 is 0 Å². The van der Waals surface area contributed by atoms with Crippen molar-refractivity contribution in [2.75, 3.05) is 0 Å². The Balaban J connectivity index is 3.75. The molecular weight excluding hydrogens is 248 g/mol. The second kappa shape index (κ2) is 3.27. The predicted octanol–water partition coefficient (Wildman–Crippen LogP) is 3.33. The molecule has 0 aromatic heterocycles. The van der Waals surface area contributed by atoms with Crippen molar-refractivity contribution in [3.05, 3.63) is 0 Å². The first kappa shape index (κ1) is 10.5. The molecule has 0 fully saturated rings. The molecule has 0 heterocycles. The van der Waals surface area contributed by atoms with E-state index in [-0.39, 0.29) is 0 Å². The molecule has 0 unspecified atom stereocenters. The first-order valence-electron chi connectivity index (χ1n) is 3.50. The Bertz CT molecular complexity index is 76.2. The molecule has 3 heteroatoms. The molecule has 0 aliphatic rings. The SMILES string of the molecule is [CH3][Ge]([CH3])([CH3])[PH][Ge]([CH3])([CH3])[CH3]. The van der Waals surface area contributed by atoms with Crippen LogP contribution >= 0.6 is 5.80 Å². The van der Waals surface area contributed by atoms with Gasteiger partial charge in [0.05, 0.1) is 0 Å². The zero-order chi connectivity index (χ0) is 7.71. The van der Waals surface area contributed by atoms with Crippen LogP contribution in [-0.2, 0) is 0 Å². The number of rotatable bonds is 2. The molecule has 0 nitrogen and oxygen atoms in total. The van der Waals surface area contributed by atoms with Crippen LogP contribution in [0.15, 0.2) is 0 Å². The van der Waals surface area contributed by atoms with Crippen molar-refractivity contribution in [2.45, 2.75) is 34.5 Å². The fraction of sp³-hybridized carbons (Fsp3) is 1.00. The van der Waals surface area contributed by atoms with Crippen LogP contribution in [0.1, 0.15) is 0 Å². The number of hydrogen-bond acceptors (Lipinski definition) is 0. The van der Waals surface area contributed by atoms with E-state index in [2.05, 4.69) is 34.5 Å². The maximum absolute atomic E-state index is 2.54. The van der Waals surface area contributed by atoms with E-state index in [0.29, 0.717) is 0 Å². The average molecular weight is 267 g/mol. The molecule has 0 aliphatic heterocycles. The number of hydrogen-bond donors (Lipinski definition) is 0. The third kappa shape index (κ3) is 9.52. The third-order valence-electron chi connectivity index (χ3n) is 0.750. The predicted molar refractivity (Wildman–Crippen MR) is 55.0 cm³/mol. The van der Waals surface area contributed by atoms with Crippen molar-refractivity contribution in [3.8, 4) is 0 Å². The first-order chi connectivity index (χ1) is 3.71. The van der Waals surface area contributed by atoms with Crippen molar-refractivity contribution in [1.29, 1.82) is 0 Å². The molecule has 0 radical (unpaired) electrons. The molecule has 0 atom stereocenters. The zero-order valence-electron chi connectivity index (χ0n) is 7.50. The van der Waals surface area contributed by atoms with Crippen molar-refractivity contribution >= 4 is 31.4 Å². The minimum atomic E-state index is -1.13. The Morgan fingerprint density at radius 3 is 0.889 bits per heavy atom. The Kier molecular flexibility index (Phi) is 3.83. The van der Waals surface area contributed by atoms with E-state index in [9.17, 15) is 0 Å². The van der Waals surface area contributed by atoms with E-state index in [1.54, 1.807) is 0 Å². The molecule has 0 saturated carbocycles. The van der Waals surface area contributed by atoms with Gasteiger partial charge < -0.3 is 0 Å². The summed E-state index contributed by atoms with van der Waals surface area (Å²) in [6.45, 7) is 0. The van der Waals surface area contributed by atoms with Gasteiger partial charge in [-0.3, -0.25) is 0 Å². The van der Waals surface area contributed by atoms with E-state index < -0.39 is 25.6 Å². The van der Waals surface area contributed by atoms with Crippen LogP contribution in [0.3, 0.4) is 0 Å². The summed E-state index contributed by atoms with van der Waals surface area (Å²) >= 11 is -2.26. The molecule has 0 bridgehead atoms. The van der Waals surface area contributed by atoms with Crippen LogP contribution in [0.5, 0.6) is 0 Å². The summed E-state index contributed by atoms with van der Waals surface area (Å²) in [7, 11) is 0. The fourth-order valence-corrected chi connectivity index (χ4v) is 91.1. The second-order valence-corrected chi connectivity index (χ2v) is 49.1. The molecule has 0 saturated heterocycles. The van der Waals surface area contributed by atoms with Crippen molar-refractivity contribution in [1.82, 2.24) is 0 Å². The van der Waals surface area contributed by atoms with E-state index >= 15 is 0 Å². The summed E-state index contributed by atoms with van der Waals surface area (Å²) in [5.74, 6) is 16.6. The Hall–Kier alpha value is 1.52. The van der Waals surface area contributed by atoms with Crippen molar-refractivity contribution in [3.63, 3.8) is 0 Å². The standard InChI is InChI=1S/C6H19Ge2P/c1-7(2,3)9-8(4,5)6/h9H,1-6H3. The van der Waals surface area contributed by atoms with E-state index in [4.69, 9.17) is 0 Å². The molecule has 56 valence electrons. The van der Waals surface area contributed by atoms with E-state index in [0.717, 1.165) is 0 Å². The van der Waals surface area contributed by atoms with Crippen LogP contribution in [0, 0.1) is 0 Å². The van der Waals surface area contributed by atoms with Gasteiger partial charge in [0.1, 0.15) is 0 Å². The molecule has 0 aromatic carbocycles. The van der Waals surface area contributed by atoms with Gasteiger partial charge in [-0.15, -0.1) is 0 Å². The van der Waals surface area contributed by atoms with Gasteiger partial charge in [0.15, 0.2) is 0 Å². The quantitative estimate of drug-likeness (QED) is 0.532. The molecular formula is C6H19Ge2P. The summed E-state index contributed by atoms with van der Waals surface area (Å²) in [5, 5.41) is 0. The van der Waals surface area contributed by atoms with Crippen LogP contribution in [0.2, 0.25) is 34.5 Å². The van der Waals surface area contributed by atoms with Gasteiger partial charge in [-0.1, -0.05) is 0 Å². The molecule has 0 N–H and O–H groups in total. The summed E-state index contributed by atoms with van der Waals surface area (Å²) in [4.78, 5) is 0. The summed E-state index contributed by atoms with van der Waals surface area (Å²) in [5.41, 5.74) is 0. The van der Waals surface area contributed by atoms with Gasteiger partial charge in [-0.2, -0.15) is 0 Å². The van der Waals surface area contributed by atoms with Gasteiger partial charge in [0.2, 0.25) is 0 Å². The third-order valence-corrected chi connectivity index (χ3v) is 60.8. The topological polar surface area (TPSA) is 0 Å². The fourth-order valence-electron chi connectivity index (χ4n) is 1.12. The Labute approximate surface area is 65.9 Å². The van der Waals surface area contributed by atoms with Crippen molar-refractivity contribution in [2.24, 2.45) is 0 Å². The average Bonchev–Trinajstić information content (AvgIpc) is 1.14. The minimum absolute atomic E-state index is 1.13. The molecule has 0 aliphatic carbocycles. The normalized spacial score (nSPS) is 14.0. The van der Waals surface area contributed by atoms with Gasteiger partial charge >= 0.3 is 66.0 Å². The summed E-state index contributed by atoms with van der Waals surface area (Å²) in [6, 6.07) is 0. The maximum atomic E-state index is 2.54. The monoisotopic (exact) mass is 270 g/mol. The van der Waals surface area contributed by atoms with Crippen LogP contribution in [0.4, 0.5) is 0 Å².